The molecule has 8 heteroatoms. The van der Waals surface area contributed by atoms with Crippen molar-refractivity contribution in [1.29, 1.82) is 0 Å². The maximum atomic E-state index is 11.8. The lowest BCUT2D eigenvalue weighted by Gasteiger charge is -2.04. The smallest absolute Gasteiger partial charge is 0.250 e. The molecule has 0 aliphatic heterocycles. The van der Waals surface area contributed by atoms with E-state index < -0.39 is 10.0 Å². The van der Waals surface area contributed by atoms with Gasteiger partial charge in [0.15, 0.2) is 0 Å². The molecule has 1 aromatic heterocycles. The molecule has 3 N–H and O–H groups in total. The Bertz CT molecular complexity index is 481. The van der Waals surface area contributed by atoms with Crippen LogP contribution in [0.4, 0.5) is 0 Å². The molecule has 96 valence electrons. The van der Waals surface area contributed by atoms with Gasteiger partial charge in [-0.3, -0.25) is 0 Å². The van der Waals surface area contributed by atoms with E-state index >= 15 is 0 Å². The number of thiocarbonyl (C=S) groups is 1. The summed E-state index contributed by atoms with van der Waals surface area (Å²) in [4.78, 5) is 0.788. The van der Waals surface area contributed by atoms with Crippen LogP contribution in [0.15, 0.2) is 16.3 Å². The molecule has 0 aromatic carbocycles. The summed E-state index contributed by atoms with van der Waals surface area (Å²) < 4.78 is 31.3. The van der Waals surface area contributed by atoms with Gasteiger partial charge in [0.2, 0.25) is 10.0 Å². The number of rotatable bonds is 7. The van der Waals surface area contributed by atoms with Crippen molar-refractivity contribution in [2.75, 3.05) is 19.8 Å². The predicted molar refractivity (Wildman–Crippen MR) is 71.9 cm³/mol. The van der Waals surface area contributed by atoms with Crippen LogP contribution < -0.4 is 10.5 Å². The minimum Gasteiger partial charge on any atom is -0.389 e. The van der Waals surface area contributed by atoms with E-state index in [9.17, 15) is 8.42 Å². The van der Waals surface area contributed by atoms with Crippen LogP contribution in [0.1, 0.15) is 11.8 Å². The molecule has 1 heterocycles. The van der Waals surface area contributed by atoms with E-state index in [0.717, 1.165) is 11.3 Å². The van der Waals surface area contributed by atoms with Crippen molar-refractivity contribution >= 4 is 38.6 Å². The topological polar surface area (TPSA) is 81.4 Å². The Morgan fingerprint density at radius 2 is 2.29 bits per heavy atom. The van der Waals surface area contributed by atoms with Crippen LogP contribution in [0.25, 0.3) is 0 Å². The van der Waals surface area contributed by atoms with Crippen LogP contribution in [0.5, 0.6) is 0 Å². The average molecular weight is 294 g/mol. The summed E-state index contributed by atoms with van der Waals surface area (Å²) in [7, 11) is -3.48. The van der Waals surface area contributed by atoms with Gasteiger partial charge in [-0.2, -0.15) is 0 Å². The molecule has 0 amide bonds. The molecule has 0 atom stereocenters. The maximum Gasteiger partial charge on any atom is 0.250 e. The van der Waals surface area contributed by atoms with Gasteiger partial charge in [0.1, 0.15) is 9.20 Å². The maximum absolute atomic E-state index is 11.8. The van der Waals surface area contributed by atoms with Crippen LogP contribution in [-0.4, -0.2) is 33.2 Å². The molecule has 0 bridgehead atoms. The van der Waals surface area contributed by atoms with Gasteiger partial charge in [-0.15, -0.1) is 11.3 Å². The highest BCUT2D eigenvalue weighted by atomic mass is 32.2. The first-order chi connectivity index (χ1) is 7.97. The van der Waals surface area contributed by atoms with Gasteiger partial charge in [0.25, 0.3) is 0 Å². The molecule has 0 saturated carbocycles. The summed E-state index contributed by atoms with van der Waals surface area (Å²) >= 11 is 5.83. The van der Waals surface area contributed by atoms with Gasteiger partial charge in [-0.25, -0.2) is 13.1 Å². The Morgan fingerprint density at radius 3 is 2.82 bits per heavy atom. The van der Waals surface area contributed by atoms with E-state index in [1.54, 1.807) is 6.07 Å². The monoisotopic (exact) mass is 294 g/mol. The zero-order chi connectivity index (χ0) is 12.9. The Hall–Kier alpha value is -0.540. The SMILES string of the molecule is CCOCCNS(=O)(=O)c1ccc(C(N)=S)s1. The van der Waals surface area contributed by atoms with Gasteiger partial charge < -0.3 is 10.5 Å². The lowest BCUT2D eigenvalue weighted by Crippen LogP contribution is -2.26. The van der Waals surface area contributed by atoms with Crippen molar-refractivity contribution in [2.45, 2.75) is 11.1 Å². The molecule has 0 aliphatic carbocycles. The van der Waals surface area contributed by atoms with Crippen molar-refractivity contribution in [3.05, 3.63) is 17.0 Å². The second-order valence-corrected chi connectivity index (χ2v) is 6.60. The van der Waals surface area contributed by atoms with Crippen molar-refractivity contribution < 1.29 is 13.2 Å². The number of hydrogen-bond acceptors (Lipinski definition) is 5. The number of sulfonamides is 1. The van der Waals surface area contributed by atoms with E-state index in [1.807, 2.05) is 6.92 Å². The lowest BCUT2D eigenvalue weighted by atomic mass is 10.5. The van der Waals surface area contributed by atoms with E-state index in [4.69, 9.17) is 22.7 Å². The third-order valence-corrected chi connectivity index (χ3v) is 5.25. The first kappa shape index (κ1) is 14.5. The number of hydrogen-bond donors (Lipinski definition) is 2. The van der Waals surface area contributed by atoms with Crippen LogP contribution >= 0.6 is 23.6 Å². The summed E-state index contributed by atoms with van der Waals surface area (Å²) in [5.41, 5.74) is 5.42. The quantitative estimate of drug-likeness (QED) is 0.571. The molecule has 0 saturated heterocycles. The second kappa shape index (κ2) is 6.41. The Balaban J connectivity index is 2.66. The molecule has 0 unspecified atom stereocenters. The molecule has 5 nitrogen and oxygen atoms in total. The fourth-order valence-corrected chi connectivity index (χ4v) is 3.47. The number of nitrogens with two attached hydrogens (primary N) is 1. The first-order valence-corrected chi connectivity index (χ1v) is 7.65. The number of ether oxygens (including phenoxy) is 1. The molecular formula is C9H14N2O3S3. The summed E-state index contributed by atoms with van der Waals surface area (Å²) in [6, 6.07) is 3.09. The normalized spacial score (nSPS) is 11.6. The molecule has 0 spiro atoms. The van der Waals surface area contributed by atoms with Gasteiger partial charge in [0, 0.05) is 13.2 Å². The molecule has 1 rings (SSSR count). The molecule has 0 fully saturated rings. The molecule has 17 heavy (non-hydrogen) atoms. The van der Waals surface area contributed by atoms with Crippen molar-refractivity contribution in [3.63, 3.8) is 0 Å². The second-order valence-electron chi connectivity index (χ2n) is 3.08. The molecular weight excluding hydrogens is 280 g/mol. The highest BCUT2D eigenvalue weighted by Gasteiger charge is 2.16. The van der Waals surface area contributed by atoms with Crippen LogP contribution in [-0.2, 0) is 14.8 Å². The average Bonchev–Trinajstić information content (AvgIpc) is 2.74. The molecule has 0 radical (unpaired) electrons. The largest absolute Gasteiger partial charge is 0.389 e. The highest BCUT2D eigenvalue weighted by Crippen LogP contribution is 2.21. The Kier molecular flexibility index (Phi) is 5.47. The summed E-state index contributed by atoms with van der Waals surface area (Å²) in [5.74, 6) is 0. The fourth-order valence-electron chi connectivity index (χ4n) is 1.06. The van der Waals surface area contributed by atoms with Crippen LogP contribution in [0.3, 0.4) is 0 Å². The minimum absolute atomic E-state index is 0.200. The van der Waals surface area contributed by atoms with Crippen LogP contribution in [0, 0.1) is 0 Å². The summed E-state index contributed by atoms with van der Waals surface area (Å²) in [6.45, 7) is 3.01. The number of nitrogens with one attached hydrogen (secondary N) is 1. The Morgan fingerprint density at radius 1 is 1.59 bits per heavy atom. The fraction of sp³-hybridized carbons (Fsp3) is 0.444. The summed E-state index contributed by atoms with van der Waals surface area (Å²) in [6.07, 6.45) is 0. The molecule has 1 aromatic rings. The van der Waals surface area contributed by atoms with Crippen molar-refractivity contribution in [3.8, 4) is 0 Å². The van der Waals surface area contributed by atoms with Gasteiger partial charge in [-0.1, -0.05) is 12.2 Å². The lowest BCUT2D eigenvalue weighted by molar-refractivity contribution is 0.153. The van der Waals surface area contributed by atoms with E-state index in [1.165, 1.54) is 6.07 Å². The third kappa shape index (κ3) is 4.32. The third-order valence-electron chi connectivity index (χ3n) is 1.83. The van der Waals surface area contributed by atoms with Gasteiger partial charge in [-0.05, 0) is 19.1 Å². The summed E-state index contributed by atoms with van der Waals surface area (Å²) in [5, 5.41) is 0. The zero-order valence-corrected chi connectivity index (χ0v) is 11.8. The highest BCUT2D eigenvalue weighted by molar-refractivity contribution is 7.91. The van der Waals surface area contributed by atoms with E-state index in [-0.39, 0.29) is 15.7 Å². The van der Waals surface area contributed by atoms with Gasteiger partial charge in [0.05, 0.1) is 11.5 Å². The minimum atomic E-state index is -3.48. The van der Waals surface area contributed by atoms with Gasteiger partial charge >= 0.3 is 0 Å². The standard InChI is InChI=1S/C9H14N2O3S3/c1-2-14-6-5-11-17(12,13)8-4-3-7(16-8)9(10)15/h3-4,11H,2,5-6H2,1H3,(H2,10,15). The molecule has 0 aliphatic rings. The van der Waals surface area contributed by atoms with Crippen LogP contribution in [0.2, 0.25) is 0 Å². The zero-order valence-electron chi connectivity index (χ0n) is 9.30. The van der Waals surface area contributed by atoms with Crippen molar-refractivity contribution in [1.82, 2.24) is 4.72 Å². The predicted octanol–water partition coefficient (Wildman–Crippen LogP) is 0.697. The van der Waals surface area contributed by atoms with E-state index in [2.05, 4.69) is 4.72 Å². The Labute approximate surface area is 110 Å². The van der Waals surface area contributed by atoms with E-state index in [0.29, 0.717) is 18.1 Å². The van der Waals surface area contributed by atoms with Crippen molar-refractivity contribution in [2.24, 2.45) is 5.73 Å². The first-order valence-electron chi connectivity index (χ1n) is 4.94. The number of thiophene rings is 1.